The van der Waals surface area contributed by atoms with Gasteiger partial charge >= 0.3 is 132 Å². The average Bonchev–Trinajstić information content (AvgIpc) is 0. The van der Waals surface area contributed by atoms with Crippen molar-refractivity contribution in [2.75, 3.05) is 0 Å². The third-order valence-corrected chi connectivity index (χ3v) is 0. The molecule has 5 heteroatoms. The Morgan fingerprint density at radius 1 is 1.20 bits per heavy atom. The van der Waals surface area contributed by atoms with E-state index in [1.54, 1.807) is 0 Å². The van der Waals surface area contributed by atoms with Gasteiger partial charge in [0.05, 0.1) is 0 Å². The zero-order valence-electron chi connectivity index (χ0n) is 9.47. The summed E-state index contributed by atoms with van der Waals surface area (Å²) in [4.78, 5) is 0. The van der Waals surface area contributed by atoms with E-state index in [1.807, 2.05) is 0 Å². The molecule has 1 radical (unpaired) electrons. The summed E-state index contributed by atoms with van der Waals surface area (Å²) in [6.45, 7) is 0. The molecule has 0 bridgehead atoms. The third-order valence-electron chi connectivity index (χ3n) is 0. The zero-order valence-corrected chi connectivity index (χ0v) is 16.7. The van der Waals surface area contributed by atoms with E-state index in [9.17, 15) is 0 Å². The van der Waals surface area contributed by atoms with Gasteiger partial charge in [-0.2, -0.15) is 0 Å². The topological polar surface area (TPSA) is 0 Å². The summed E-state index contributed by atoms with van der Waals surface area (Å²) in [7, 11) is 0. The molecule has 5 heavy (non-hydrogen) atoms. The molecule has 27 valence electrons. The molecule has 0 heterocycles. The average molecular weight is 358 g/mol. The second-order valence-electron chi connectivity index (χ2n) is 0. The van der Waals surface area contributed by atoms with Crippen molar-refractivity contribution in [3.05, 3.63) is 0 Å². The maximum absolute atomic E-state index is 0. The Morgan fingerprint density at radius 3 is 1.20 bits per heavy atom. The molecular weight excluding hydrogens is 349 g/mol. The summed E-state index contributed by atoms with van der Waals surface area (Å²) >= 11 is 0. The van der Waals surface area contributed by atoms with E-state index in [1.165, 1.54) is 0 Å². The smallest absolute Gasteiger partial charge is 1.00 e. The maximum Gasteiger partial charge on any atom is 2.00 e. The molecule has 0 aliphatic heterocycles. The maximum atomic E-state index is 0. The minimum atomic E-state index is 0. The number of rotatable bonds is 0. The van der Waals surface area contributed by atoms with E-state index < -0.39 is 0 Å². The van der Waals surface area contributed by atoms with E-state index in [-0.39, 0.29) is 169 Å². The van der Waals surface area contributed by atoms with Crippen molar-refractivity contribution in [3.63, 3.8) is 0 Å². The van der Waals surface area contributed by atoms with Crippen molar-refractivity contribution in [2.45, 2.75) is 0 Å². The van der Waals surface area contributed by atoms with Crippen LogP contribution in [0.15, 0.2) is 0 Å². The van der Waals surface area contributed by atoms with E-state index in [0.29, 0.717) is 0 Å². The predicted octanol–water partition coefficient (Wildman–Crippen LogP) is -1.65. The molecule has 0 aromatic heterocycles. The molecule has 0 rings (SSSR count). The second-order valence-corrected chi connectivity index (χ2v) is 0. The SMILES string of the molecule is [Ba+2].[Ca+2].[Fe].[H-].[H-].[H-].[H-].[H-].[H-].[SiH3].[Sr+2]. The molecule has 0 aromatic rings. The summed E-state index contributed by atoms with van der Waals surface area (Å²) in [5.74, 6) is 0. The van der Waals surface area contributed by atoms with Gasteiger partial charge < -0.3 is 8.56 Å². The van der Waals surface area contributed by atoms with E-state index >= 15 is 0 Å². The standard InChI is InChI=1S/Ba.Ca.Fe.H3Si.Sr.6H/h;;;1H3;;;;;;;/q2*+2;;;+2;6*-1. The molecule has 0 aliphatic rings. The molecule has 0 aliphatic carbocycles. The zero-order chi connectivity index (χ0) is 0. The Labute approximate surface area is 164 Å². The molecule has 0 spiro atoms. The summed E-state index contributed by atoms with van der Waals surface area (Å²) in [6.07, 6.45) is 0. The first-order valence-corrected chi connectivity index (χ1v) is 0. The molecule has 0 fully saturated rings. The second kappa shape index (κ2) is 23.0. The molecule has 0 atom stereocenters. The molecule has 0 saturated carbocycles. The van der Waals surface area contributed by atoms with Gasteiger partial charge in [-0.3, -0.25) is 0 Å². The van der Waals surface area contributed by atoms with Crippen LogP contribution in [0.3, 0.4) is 0 Å². The Bertz CT molecular complexity index is 22.5. The largest absolute Gasteiger partial charge is 2.00 e. The Balaban J connectivity index is 0. The van der Waals surface area contributed by atoms with E-state index in [2.05, 4.69) is 0 Å². The quantitative estimate of drug-likeness (QED) is 0.456. The van der Waals surface area contributed by atoms with Crippen LogP contribution < -0.4 is 0 Å². The molecule has 0 unspecified atom stereocenters. The van der Waals surface area contributed by atoms with Gasteiger partial charge in [-0.15, -0.1) is 0 Å². The van der Waals surface area contributed by atoms with Gasteiger partial charge in [0.2, 0.25) is 0 Å². The van der Waals surface area contributed by atoms with Gasteiger partial charge in [0.25, 0.3) is 0 Å². The van der Waals surface area contributed by atoms with Crippen molar-refractivity contribution in [2.24, 2.45) is 0 Å². The fourth-order valence-electron chi connectivity index (χ4n) is 0. The van der Waals surface area contributed by atoms with Crippen LogP contribution in [0.4, 0.5) is 0 Å². The van der Waals surface area contributed by atoms with Crippen LogP contribution in [-0.2, 0) is 17.1 Å². The first kappa shape index (κ1) is 32.3. The molecule has 0 N–H and O–H groups in total. The normalized spacial score (nSPS) is 0. The molecule has 0 saturated heterocycles. The van der Waals surface area contributed by atoms with Crippen LogP contribution in [0.1, 0.15) is 8.56 Å². The summed E-state index contributed by atoms with van der Waals surface area (Å²) < 4.78 is 0. The Hall–Kier alpha value is 5.05. The van der Waals surface area contributed by atoms with Crippen molar-refractivity contribution in [1.82, 2.24) is 0 Å². The van der Waals surface area contributed by atoms with Gasteiger partial charge in [0.1, 0.15) is 0 Å². The molecule has 0 nitrogen and oxygen atoms in total. The minimum absolute atomic E-state index is 0. The van der Waals surface area contributed by atoms with Crippen LogP contribution in [0.2, 0.25) is 0 Å². The summed E-state index contributed by atoms with van der Waals surface area (Å²) in [5, 5.41) is 0. The molecular formula is H9BaCaFeSiSr. The first-order valence-electron chi connectivity index (χ1n) is 0. The van der Waals surface area contributed by atoms with E-state index in [0.717, 1.165) is 0 Å². The minimum Gasteiger partial charge on any atom is -1.00 e. The number of hydrogen-bond acceptors (Lipinski definition) is 0. The van der Waals surface area contributed by atoms with Gasteiger partial charge in [-0.1, -0.05) is 0 Å². The van der Waals surface area contributed by atoms with Gasteiger partial charge in [0.15, 0.2) is 0 Å². The monoisotopic (exact) mass is 359 g/mol. The molecule has 0 amide bonds. The van der Waals surface area contributed by atoms with Crippen LogP contribution in [0.5, 0.6) is 0 Å². The third kappa shape index (κ3) is 17.6. The van der Waals surface area contributed by atoms with Crippen molar-refractivity contribution in [1.29, 1.82) is 0 Å². The first-order chi connectivity index (χ1) is 0. The molecule has 0 aromatic carbocycles. The Morgan fingerprint density at radius 2 is 1.20 bits per heavy atom. The van der Waals surface area contributed by atoms with Gasteiger partial charge in [-0.05, 0) is 11.0 Å². The van der Waals surface area contributed by atoms with Crippen LogP contribution in [0.25, 0.3) is 0 Å². The fourth-order valence-corrected chi connectivity index (χ4v) is 0. The van der Waals surface area contributed by atoms with Crippen LogP contribution in [-0.4, -0.2) is 143 Å². The summed E-state index contributed by atoms with van der Waals surface area (Å²) in [5.41, 5.74) is 0. The van der Waals surface area contributed by atoms with Crippen molar-refractivity contribution >= 4 is 143 Å². The van der Waals surface area contributed by atoms with Gasteiger partial charge in [-0.25, -0.2) is 0 Å². The van der Waals surface area contributed by atoms with Gasteiger partial charge in [0, 0.05) is 17.1 Å². The number of hydrogen-bond donors (Lipinski definition) is 0. The van der Waals surface area contributed by atoms with Crippen LogP contribution in [0, 0.1) is 0 Å². The Kier molecular flexibility index (Phi) is 148. The predicted molar refractivity (Wildman–Crippen MR) is 33.9 cm³/mol. The fraction of sp³-hybridized carbons (Fsp3) is 0. The summed E-state index contributed by atoms with van der Waals surface area (Å²) in [6, 6.07) is 0. The van der Waals surface area contributed by atoms with E-state index in [4.69, 9.17) is 0 Å². The van der Waals surface area contributed by atoms with Crippen molar-refractivity contribution < 1.29 is 25.6 Å². The van der Waals surface area contributed by atoms with Crippen LogP contribution >= 0.6 is 0 Å². The van der Waals surface area contributed by atoms with Crippen molar-refractivity contribution in [3.8, 4) is 0 Å².